The molecule has 0 amide bonds. The molecule has 0 aromatic rings. The molecule has 0 radical (unpaired) electrons. The maximum atomic E-state index is 12.1. The second-order valence-electron chi connectivity index (χ2n) is 9.23. The van der Waals surface area contributed by atoms with Crippen LogP contribution in [0.5, 0.6) is 0 Å². The van der Waals surface area contributed by atoms with Crippen molar-refractivity contribution < 1.29 is 61.6 Å². The van der Waals surface area contributed by atoms with Crippen LogP contribution in [-0.2, 0) is 29.2 Å². The van der Waals surface area contributed by atoms with Crippen molar-refractivity contribution in [3.8, 4) is 0 Å². The first kappa shape index (κ1) is 37.0. The number of unbranched alkanes of at least 4 members (excludes halogenated alkanes) is 16. The van der Waals surface area contributed by atoms with Crippen LogP contribution in [0.2, 0.25) is 0 Å². The minimum atomic E-state index is -5.00. The normalized spacial score (nSPS) is 12.1. The minimum Gasteiger partial charge on any atom is -0.747 e. The van der Waals surface area contributed by atoms with Gasteiger partial charge in [-0.15, -0.1) is 0 Å². The predicted octanol–water partition coefficient (Wildman–Crippen LogP) is 3.44. The SMILES string of the molecule is CCCCCCCCCCCOC(=O)CC(C(=O)OCCCCCCCCCCC)S(=O)(=O)[O-].[Na+]. The minimum absolute atomic E-state index is 0. The second-order valence-corrected chi connectivity index (χ2v) is 10.8. The molecule has 0 bridgehead atoms. The third-order valence-corrected chi connectivity index (χ3v) is 7.02. The summed E-state index contributed by atoms with van der Waals surface area (Å²) < 4.78 is 44.4. The van der Waals surface area contributed by atoms with Crippen LogP contribution < -0.4 is 29.6 Å². The monoisotopic (exact) mass is 528 g/mol. The Bertz CT molecular complexity index is 611. The van der Waals surface area contributed by atoms with Crippen LogP contribution in [0, 0.1) is 0 Å². The maximum absolute atomic E-state index is 12.1. The van der Waals surface area contributed by atoms with Crippen molar-refractivity contribution in [2.45, 2.75) is 141 Å². The first-order chi connectivity index (χ1) is 16.3. The van der Waals surface area contributed by atoms with Crippen molar-refractivity contribution in [2.24, 2.45) is 0 Å². The summed E-state index contributed by atoms with van der Waals surface area (Å²) in [5, 5.41) is -2.04. The second kappa shape index (κ2) is 25.5. The number of ether oxygens (including phenoxy) is 2. The van der Waals surface area contributed by atoms with Crippen LogP contribution in [0.1, 0.15) is 136 Å². The zero-order valence-corrected chi connectivity index (χ0v) is 25.5. The summed E-state index contributed by atoms with van der Waals surface area (Å²) in [4.78, 5) is 24.0. The molecule has 0 fully saturated rings. The summed E-state index contributed by atoms with van der Waals surface area (Å²) in [6.45, 7) is 4.59. The number of esters is 2. The average molecular weight is 529 g/mol. The van der Waals surface area contributed by atoms with Crippen LogP contribution >= 0.6 is 0 Å². The van der Waals surface area contributed by atoms with E-state index in [1.54, 1.807) is 0 Å². The van der Waals surface area contributed by atoms with E-state index in [2.05, 4.69) is 13.8 Å². The largest absolute Gasteiger partial charge is 1.00 e. The smallest absolute Gasteiger partial charge is 0.747 e. The molecule has 0 aliphatic rings. The topological polar surface area (TPSA) is 110 Å². The van der Waals surface area contributed by atoms with Crippen LogP contribution in [0.3, 0.4) is 0 Å². The Morgan fingerprint density at radius 3 is 1.34 bits per heavy atom. The van der Waals surface area contributed by atoms with E-state index in [0.29, 0.717) is 12.8 Å². The molecule has 0 aromatic heterocycles. The fraction of sp³-hybridized carbons (Fsp3) is 0.923. The molecule has 0 aliphatic carbocycles. The van der Waals surface area contributed by atoms with Gasteiger partial charge in [-0.3, -0.25) is 9.59 Å². The van der Waals surface area contributed by atoms with Gasteiger partial charge in [0, 0.05) is 0 Å². The molecular weight excluding hydrogens is 479 g/mol. The van der Waals surface area contributed by atoms with E-state index in [-0.39, 0.29) is 42.8 Å². The van der Waals surface area contributed by atoms with E-state index in [4.69, 9.17) is 9.47 Å². The van der Waals surface area contributed by atoms with E-state index < -0.39 is 33.7 Å². The molecule has 0 saturated carbocycles. The number of carbonyl (C=O) groups excluding carboxylic acids is 2. The Morgan fingerprint density at radius 1 is 0.629 bits per heavy atom. The number of rotatable bonds is 24. The van der Waals surface area contributed by atoms with Gasteiger partial charge in [0.2, 0.25) is 0 Å². The van der Waals surface area contributed by atoms with Gasteiger partial charge in [-0.25, -0.2) is 8.42 Å². The first-order valence-corrected chi connectivity index (χ1v) is 15.1. The van der Waals surface area contributed by atoms with Gasteiger partial charge >= 0.3 is 41.5 Å². The van der Waals surface area contributed by atoms with Crippen molar-refractivity contribution in [3.63, 3.8) is 0 Å². The Labute approximate surface area is 236 Å². The molecule has 0 rings (SSSR count). The zero-order chi connectivity index (χ0) is 25.5. The summed E-state index contributed by atoms with van der Waals surface area (Å²) >= 11 is 0. The molecule has 202 valence electrons. The van der Waals surface area contributed by atoms with Gasteiger partial charge in [-0.2, -0.15) is 0 Å². The Morgan fingerprint density at radius 2 is 0.971 bits per heavy atom. The van der Waals surface area contributed by atoms with E-state index in [1.807, 2.05) is 0 Å². The molecular formula is C26H49NaO7S. The Kier molecular flexibility index (Phi) is 27.0. The van der Waals surface area contributed by atoms with Crippen molar-refractivity contribution in [1.29, 1.82) is 0 Å². The number of hydrogen-bond donors (Lipinski definition) is 0. The van der Waals surface area contributed by atoms with E-state index >= 15 is 0 Å². The summed E-state index contributed by atoms with van der Waals surface area (Å²) in [5.41, 5.74) is 0. The van der Waals surface area contributed by atoms with Crippen LogP contribution in [0.25, 0.3) is 0 Å². The van der Waals surface area contributed by atoms with Crippen molar-refractivity contribution in [3.05, 3.63) is 0 Å². The molecule has 9 heteroatoms. The van der Waals surface area contributed by atoms with Crippen LogP contribution in [0.15, 0.2) is 0 Å². The van der Waals surface area contributed by atoms with Crippen LogP contribution in [-0.4, -0.2) is 43.4 Å². The van der Waals surface area contributed by atoms with E-state index in [9.17, 15) is 22.6 Å². The molecule has 0 aromatic carbocycles. The Balaban J connectivity index is 0. The van der Waals surface area contributed by atoms with Gasteiger partial charge in [-0.05, 0) is 12.8 Å². The average Bonchev–Trinajstić information content (AvgIpc) is 2.79. The van der Waals surface area contributed by atoms with Gasteiger partial charge in [0.15, 0.2) is 5.25 Å². The molecule has 0 aliphatic heterocycles. The van der Waals surface area contributed by atoms with Gasteiger partial charge < -0.3 is 14.0 Å². The molecule has 0 spiro atoms. The summed E-state index contributed by atoms with van der Waals surface area (Å²) in [6.07, 6.45) is 19.1. The molecule has 0 heterocycles. The van der Waals surface area contributed by atoms with E-state index in [0.717, 1.165) is 38.5 Å². The maximum Gasteiger partial charge on any atom is 1.00 e. The van der Waals surface area contributed by atoms with E-state index in [1.165, 1.54) is 64.2 Å². The van der Waals surface area contributed by atoms with Gasteiger partial charge in [0.1, 0.15) is 10.1 Å². The summed E-state index contributed by atoms with van der Waals surface area (Å²) in [5.74, 6) is -2.02. The fourth-order valence-electron chi connectivity index (χ4n) is 3.79. The van der Waals surface area contributed by atoms with Gasteiger partial charge in [-0.1, -0.05) is 117 Å². The van der Waals surface area contributed by atoms with Gasteiger partial charge in [0.05, 0.1) is 19.6 Å². The third-order valence-electron chi connectivity index (χ3n) is 5.97. The number of hydrogen-bond acceptors (Lipinski definition) is 7. The van der Waals surface area contributed by atoms with Crippen molar-refractivity contribution >= 4 is 22.1 Å². The van der Waals surface area contributed by atoms with Crippen molar-refractivity contribution in [1.82, 2.24) is 0 Å². The third kappa shape index (κ3) is 24.0. The molecule has 0 saturated heterocycles. The molecule has 1 atom stereocenters. The molecule has 1 unspecified atom stereocenters. The van der Waals surface area contributed by atoms with Crippen LogP contribution in [0.4, 0.5) is 0 Å². The van der Waals surface area contributed by atoms with Gasteiger partial charge in [0.25, 0.3) is 0 Å². The van der Waals surface area contributed by atoms with Crippen molar-refractivity contribution in [2.75, 3.05) is 13.2 Å². The zero-order valence-electron chi connectivity index (χ0n) is 22.7. The number of carbonyl (C=O) groups is 2. The summed E-state index contributed by atoms with van der Waals surface area (Å²) in [6, 6.07) is 0. The predicted molar refractivity (Wildman–Crippen MR) is 134 cm³/mol. The molecule has 0 N–H and O–H groups in total. The molecule has 35 heavy (non-hydrogen) atoms. The Hall–Kier alpha value is -0.150. The molecule has 7 nitrogen and oxygen atoms in total. The standard InChI is InChI=1S/C26H50O7S.Na/c1-3-5-7-9-11-13-15-17-19-21-32-25(27)23-24(34(29,30)31)26(28)33-22-20-18-16-14-12-10-8-6-4-2;/h24H,3-23H2,1-2H3,(H,29,30,31);/q;+1/p-1. The quantitative estimate of drug-likeness (QED) is 0.0817. The fourth-order valence-corrected chi connectivity index (χ4v) is 4.43. The first-order valence-electron chi connectivity index (χ1n) is 13.6. The summed E-state index contributed by atoms with van der Waals surface area (Å²) in [7, 11) is -5.00.